The molecule has 0 radical (unpaired) electrons. The van der Waals surface area contributed by atoms with Crippen LogP contribution >= 0.6 is 0 Å². The van der Waals surface area contributed by atoms with Crippen molar-refractivity contribution in [3.8, 4) is 5.75 Å². The van der Waals surface area contributed by atoms with Gasteiger partial charge in [-0.15, -0.1) is 0 Å². The van der Waals surface area contributed by atoms with Crippen molar-refractivity contribution < 1.29 is 24.2 Å². The normalized spacial score (nSPS) is 10.2. The smallest absolute Gasteiger partial charge is 0.338 e. The van der Waals surface area contributed by atoms with Crippen LogP contribution in [0.2, 0.25) is 0 Å². The maximum atomic E-state index is 11.4. The molecule has 0 spiro atoms. The highest BCUT2D eigenvalue weighted by molar-refractivity contribution is 6.01. The van der Waals surface area contributed by atoms with Crippen molar-refractivity contribution in [3.05, 3.63) is 41.5 Å². The highest BCUT2D eigenvalue weighted by Gasteiger charge is 2.12. The number of benzene rings is 2. The first-order valence-electron chi connectivity index (χ1n) is 5.50. The van der Waals surface area contributed by atoms with Crippen LogP contribution in [0.15, 0.2) is 30.3 Å². The highest BCUT2D eigenvalue weighted by Crippen LogP contribution is 2.28. The zero-order valence-electron chi connectivity index (χ0n) is 10.5. The lowest BCUT2D eigenvalue weighted by atomic mass is 10.0. The number of phenols is 1. The van der Waals surface area contributed by atoms with Crippen LogP contribution in [0.4, 0.5) is 0 Å². The van der Waals surface area contributed by atoms with E-state index in [4.69, 9.17) is 0 Å². The van der Waals surface area contributed by atoms with Crippen molar-refractivity contribution in [2.24, 2.45) is 0 Å². The molecule has 5 nitrogen and oxygen atoms in total. The lowest BCUT2D eigenvalue weighted by Crippen LogP contribution is -2.02. The molecular formula is C14H12O5. The third-order valence-corrected chi connectivity index (χ3v) is 2.77. The predicted molar refractivity (Wildman–Crippen MR) is 68.3 cm³/mol. The van der Waals surface area contributed by atoms with Crippen LogP contribution in [-0.2, 0) is 9.47 Å². The van der Waals surface area contributed by atoms with Crippen molar-refractivity contribution >= 4 is 22.7 Å². The summed E-state index contributed by atoms with van der Waals surface area (Å²) in [7, 11) is 2.55. The monoisotopic (exact) mass is 260 g/mol. The minimum atomic E-state index is -0.533. The zero-order valence-corrected chi connectivity index (χ0v) is 10.5. The highest BCUT2D eigenvalue weighted by atomic mass is 16.5. The fourth-order valence-corrected chi connectivity index (χ4v) is 1.82. The summed E-state index contributed by atoms with van der Waals surface area (Å²) >= 11 is 0. The Morgan fingerprint density at radius 3 is 2.21 bits per heavy atom. The first-order valence-corrected chi connectivity index (χ1v) is 5.50. The van der Waals surface area contributed by atoms with Crippen LogP contribution in [0.3, 0.4) is 0 Å². The Balaban J connectivity index is 2.60. The summed E-state index contributed by atoms with van der Waals surface area (Å²) in [6.07, 6.45) is 0. The van der Waals surface area contributed by atoms with Crippen LogP contribution in [0.25, 0.3) is 10.8 Å². The van der Waals surface area contributed by atoms with Crippen molar-refractivity contribution in [3.63, 3.8) is 0 Å². The van der Waals surface area contributed by atoms with Gasteiger partial charge in [-0.1, -0.05) is 6.07 Å². The largest absolute Gasteiger partial charge is 0.507 e. The topological polar surface area (TPSA) is 72.8 Å². The third kappa shape index (κ3) is 2.35. The van der Waals surface area contributed by atoms with E-state index in [9.17, 15) is 14.7 Å². The van der Waals surface area contributed by atoms with Gasteiger partial charge >= 0.3 is 11.9 Å². The minimum Gasteiger partial charge on any atom is -0.507 e. The molecule has 0 amide bonds. The Kier molecular flexibility index (Phi) is 3.37. The molecule has 0 fully saturated rings. The second kappa shape index (κ2) is 4.97. The van der Waals surface area contributed by atoms with E-state index in [1.165, 1.54) is 26.4 Å². The number of hydrogen-bond donors (Lipinski definition) is 1. The molecule has 0 bridgehead atoms. The minimum absolute atomic E-state index is 0.0938. The van der Waals surface area contributed by atoms with E-state index in [2.05, 4.69) is 9.47 Å². The number of ether oxygens (including phenoxy) is 2. The fraction of sp³-hybridized carbons (Fsp3) is 0.143. The van der Waals surface area contributed by atoms with Gasteiger partial charge in [0.05, 0.1) is 25.3 Å². The number of carbonyl (C=O) groups excluding carboxylic acids is 2. The standard InChI is InChI=1S/C14H12O5/c1-18-13(16)9-4-3-8-5-10(14(17)19-2)7-12(15)11(8)6-9/h3-7,15H,1-2H3. The molecule has 0 saturated heterocycles. The van der Waals surface area contributed by atoms with Crippen LogP contribution in [0.1, 0.15) is 20.7 Å². The van der Waals surface area contributed by atoms with Crippen molar-refractivity contribution in [2.45, 2.75) is 0 Å². The SMILES string of the molecule is COC(=O)c1cc(O)c2cc(C(=O)OC)ccc2c1. The summed E-state index contributed by atoms with van der Waals surface area (Å²) in [5, 5.41) is 11.0. The molecule has 1 N–H and O–H groups in total. The molecule has 98 valence electrons. The van der Waals surface area contributed by atoms with Gasteiger partial charge in [0.15, 0.2) is 0 Å². The number of aromatic hydroxyl groups is 1. The Labute approximate surface area is 109 Å². The van der Waals surface area contributed by atoms with Gasteiger partial charge in [-0.05, 0) is 29.7 Å². The first-order chi connectivity index (χ1) is 9.06. The van der Waals surface area contributed by atoms with Gasteiger partial charge in [-0.2, -0.15) is 0 Å². The maximum absolute atomic E-state index is 11.4. The van der Waals surface area contributed by atoms with Crippen LogP contribution < -0.4 is 0 Å². The molecular weight excluding hydrogens is 248 g/mol. The van der Waals surface area contributed by atoms with E-state index >= 15 is 0 Å². The molecule has 0 saturated carbocycles. The summed E-state index contributed by atoms with van der Waals surface area (Å²) in [4.78, 5) is 22.8. The summed E-state index contributed by atoms with van der Waals surface area (Å²) in [5.74, 6) is -1.11. The summed E-state index contributed by atoms with van der Waals surface area (Å²) in [6, 6.07) is 7.59. The lowest BCUT2D eigenvalue weighted by molar-refractivity contribution is 0.0591. The molecule has 5 heteroatoms. The van der Waals surface area contributed by atoms with Gasteiger partial charge in [0, 0.05) is 5.39 Å². The molecule has 0 unspecified atom stereocenters. The number of methoxy groups -OCH3 is 2. The van der Waals surface area contributed by atoms with Gasteiger partial charge in [0.2, 0.25) is 0 Å². The Morgan fingerprint density at radius 1 is 0.947 bits per heavy atom. The molecule has 0 heterocycles. The Bertz CT molecular complexity index is 660. The summed E-state index contributed by atoms with van der Waals surface area (Å²) < 4.78 is 9.21. The zero-order chi connectivity index (χ0) is 14.0. The van der Waals surface area contributed by atoms with E-state index in [-0.39, 0.29) is 11.3 Å². The second-order valence-corrected chi connectivity index (χ2v) is 3.91. The quantitative estimate of drug-likeness (QED) is 0.837. The number of carbonyl (C=O) groups is 2. The van der Waals surface area contributed by atoms with Crippen LogP contribution in [-0.4, -0.2) is 31.3 Å². The number of rotatable bonds is 2. The second-order valence-electron chi connectivity index (χ2n) is 3.91. The molecule has 0 aliphatic rings. The molecule has 2 aromatic carbocycles. The van der Waals surface area contributed by atoms with E-state index in [1.807, 2.05) is 0 Å². The van der Waals surface area contributed by atoms with E-state index < -0.39 is 11.9 Å². The lowest BCUT2D eigenvalue weighted by Gasteiger charge is -2.06. The predicted octanol–water partition coefficient (Wildman–Crippen LogP) is 2.12. The van der Waals surface area contributed by atoms with Crippen LogP contribution in [0, 0.1) is 0 Å². The van der Waals surface area contributed by atoms with Gasteiger partial charge in [-0.3, -0.25) is 0 Å². The average molecular weight is 260 g/mol. The van der Waals surface area contributed by atoms with Crippen molar-refractivity contribution in [1.82, 2.24) is 0 Å². The third-order valence-electron chi connectivity index (χ3n) is 2.77. The van der Waals surface area contributed by atoms with Gasteiger partial charge < -0.3 is 14.6 Å². The number of hydrogen-bond acceptors (Lipinski definition) is 5. The molecule has 0 atom stereocenters. The molecule has 0 aliphatic carbocycles. The van der Waals surface area contributed by atoms with E-state index in [1.54, 1.807) is 18.2 Å². The number of fused-ring (bicyclic) bond motifs is 1. The number of phenolic OH excluding ortho intramolecular Hbond substituents is 1. The Morgan fingerprint density at radius 2 is 1.58 bits per heavy atom. The van der Waals surface area contributed by atoms with Gasteiger partial charge in [0.25, 0.3) is 0 Å². The van der Waals surface area contributed by atoms with Crippen molar-refractivity contribution in [2.75, 3.05) is 14.2 Å². The molecule has 2 aromatic rings. The maximum Gasteiger partial charge on any atom is 0.338 e. The summed E-state index contributed by atoms with van der Waals surface area (Å²) in [5.41, 5.74) is 0.578. The Hall–Kier alpha value is -2.56. The van der Waals surface area contributed by atoms with E-state index in [0.717, 1.165) is 0 Å². The molecule has 2 rings (SSSR count). The molecule has 0 aliphatic heterocycles. The molecule has 0 aromatic heterocycles. The first kappa shape index (κ1) is 12.9. The van der Waals surface area contributed by atoms with Gasteiger partial charge in [0.1, 0.15) is 5.75 Å². The number of esters is 2. The molecule has 19 heavy (non-hydrogen) atoms. The van der Waals surface area contributed by atoms with Gasteiger partial charge in [-0.25, -0.2) is 9.59 Å². The average Bonchev–Trinajstić information content (AvgIpc) is 2.45. The van der Waals surface area contributed by atoms with Crippen LogP contribution in [0.5, 0.6) is 5.75 Å². The summed E-state index contributed by atoms with van der Waals surface area (Å²) in [6.45, 7) is 0. The van der Waals surface area contributed by atoms with E-state index in [0.29, 0.717) is 16.3 Å². The van der Waals surface area contributed by atoms with Crippen molar-refractivity contribution in [1.29, 1.82) is 0 Å². The fourth-order valence-electron chi connectivity index (χ4n) is 1.82.